The van der Waals surface area contributed by atoms with Gasteiger partial charge in [-0.3, -0.25) is 4.79 Å². The Hall–Kier alpha value is -2.29. The summed E-state index contributed by atoms with van der Waals surface area (Å²) in [5.74, 6) is -0.0967. The van der Waals surface area contributed by atoms with Crippen molar-refractivity contribution in [2.45, 2.75) is 20.8 Å². The first kappa shape index (κ1) is 13.1. The average molecular weight is 254 g/mol. The molecule has 0 aliphatic rings. The Kier molecular flexibility index (Phi) is 3.56. The van der Waals surface area contributed by atoms with E-state index in [-0.39, 0.29) is 5.91 Å². The molecule has 0 aromatic heterocycles. The highest BCUT2D eigenvalue weighted by Gasteiger charge is 2.12. The lowest BCUT2D eigenvalue weighted by atomic mass is 9.99. The molecule has 3 nitrogen and oxygen atoms in total. The van der Waals surface area contributed by atoms with Crippen LogP contribution in [0.4, 0.5) is 11.4 Å². The van der Waals surface area contributed by atoms with E-state index in [2.05, 4.69) is 5.32 Å². The molecular formula is C16H18N2O. The molecule has 0 bridgehead atoms. The Morgan fingerprint density at radius 3 is 2.26 bits per heavy atom. The number of nitrogens with two attached hydrogens (primary N) is 1. The predicted molar refractivity (Wildman–Crippen MR) is 79.5 cm³/mol. The summed E-state index contributed by atoms with van der Waals surface area (Å²) in [6, 6.07) is 11.2. The summed E-state index contributed by atoms with van der Waals surface area (Å²) in [7, 11) is 0. The molecule has 0 radical (unpaired) electrons. The molecule has 0 fully saturated rings. The maximum atomic E-state index is 12.3. The van der Waals surface area contributed by atoms with Gasteiger partial charge >= 0.3 is 0 Å². The number of hydrogen-bond donors (Lipinski definition) is 2. The van der Waals surface area contributed by atoms with Gasteiger partial charge in [0.15, 0.2) is 0 Å². The normalized spacial score (nSPS) is 10.3. The third kappa shape index (κ3) is 2.94. The van der Waals surface area contributed by atoms with Crippen molar-refractivity contribution in [3.8, 4) is 0 Å². The van der Waals surface area contributed by atoms with Crippen LogP contribution in [0.15, 0.2) is 36.4 Å². The summed E-state index contributed by atoms with van der Waals surface area (Å²) in [5.41, 5.74) is 10.9. The van der Waals surface area contributed by atoms with Crippen LogP contribution in [0, 0.1) is 20.8 Å². The lowest BCUT2D eigenvalue weighted by Crippen LogP contribution is -2.15. The van der Waals surface area contributed by atoms with Crippen molar-refractivity contribution in [2.24, 2.45) is 0 Å². The number of anilines is 2. The van der Waals surface area contributed by atoms with E-state index < -0.39 is 0 Å². The number of carbonyl (C=O) groups is 1. The molecule has 3 heteroatoms. The second kappa shape index (κ2) is 5.14. The molecule has 98 valence electrons. The van der Waals surface area contributed by atoms with Crippen LogP contribution in [0.25, 0.3) is 0 Å². The molecule has 0 unspecified atom stereocenters. The number of aryl methyl sites for hydroxylation is 3. The summed E-state index contributed by atoms with van der Waals surface area (Å²) >= 11 is 0. The van der Waals surface area contributed by atoms with E-state index in [9.17, 15) is 4.79 Å². The third-order valence-corrected chi connectivity index (χ3v) is 3.05. The zero-order chi connectivity index (χ0) is 14.0. The third-order valence-electron chi connectivity index (χ3n) is 3.05. The van der Waals surface area contributed by atoms with E-state index in [0.717, 1.165) is 22.3 Å². The zero-order valence-corrected chi connectivity index (χ0v) is 11.4. The predicted octanol–water partition coefficient (Wildman–Crippen LogP) is 3.45. The topological polar surface area (TPSA) is 55.1 Å². The average Bonchev–Trinajstić information content (AvgIpc) is 2.27. The number of hydrogen-bond acceptors (Lipinski definition) is 2. The molecule has 2 aromatic rings. The first-order chi connectivity index (χ1) is 8.97. The van der Waals surface area contributed by atoms with Crippen LogP contribution in [0.5, 0.6) is 0 Å². The standard InChI is InChI=1S/C16H18N2O/c1-10-7-11(2)15(12(3)8-10)16(19)18-14-6-4-5-13(17)9-14/h4-9H,17H2,1-3H3,(H,18,19). The van der Waals surface area contributed by atoms with Crippen LogP contribution in [0.2, 0.25) is 0 Å². The molecule has 0 aliphatic heterocycles. The monoisotopic (exact) mass is 254 g/mol. The van der Waals surface area contributed by atoms with E-state index in [4.69, 9.17) is 5.73 Å². The van der Waals surface area contributed by atoms with Gasteiger partial charge in [-0.2, -0.15) is 0 Å². The van der Waals surface area contributed by atoms with E-state index in [0.29, 0.717) is 11.4 Å². The Morgan fingerprint density at radius 2 is 1.68 bits per heavy atom. The van der Waals surface area contributed by atoms with E-state index in [1.54, 1.807) is 12.1 Å². The zero-order valence-electron chi connectivity index (χ0n) is 11.4. The van der Waals surface area contributed by atoms with Crippen molar-refractivity contribution >= 4 is 17.3 Å². The molecule has 0 aliphatic carbocycles. The number of amides is 1. The second-order valence-electron chi connectivity index (χ2n) is 4.85. The van der Waals surface area contributed by atoms with E-state index >= 15 is 0 Å². The molecule has 0 spiro atoms. The minimum atomic E-state index is -0.0967. The molecule has 0 saturated carbocycles. The van der Waals surface area contributed by atoms with Gasteiger partial charge in [-0.25, -0.2) is 0 Å². The molecule has 0 heterocycles. The lowest BCUT2D eigenvalue weighted by molar-refractivity contribution is 0.102. The smallest absolute Gasteiger partial charge is 0.256 e. The van der Waals surface area contributed by atoms with Gasteiger partial charge in [-0.15, -0.1) is 0 Å². The fraction of sp³-hybridized carbons (Fsp3) is 0.188. The number of rotatable bonds is 2. The van der Waals surface area contributed by atoms with Gasteiger partial charge in [-0.1, -0.05) is 23.8 Å². The molecule has 3 N–H and O–H groups in total. The van der Waals surface area contributed by atoms with Gasteiger partial charge in [0.2, 0.25) is 0 Å². The van der Waals surface area contributed by atoms with Crippen LogP contribution in [-0.4, -0.2) is 5.91 Å². The quantitative estimate of drug-likeness (QED) is 0.806. The summed E-state index contributed by atoms with van der Waals surface area (Å²) < 4.78 is 0. The van der Waals surface area contributed by atoms with Crippen LogP contribution >= 0.6 is 0 Å². The highest BCUT2D eigenvalue weighted by molar-refractivity contribution is 6.06. The van der Waals surface area contributed by atoms with Crippen molar-refractivity contribution in [1.82, 2.24) is 0 Å². The van der Waals surface area contributed by atoms with Gasteiger partial charge in [-0.05, 0) is 50.1 Å². The molecule has 0 atom stereocenters. The van der Waals surface area contributed by atoms with Crippen LogP contribution in [-0.2, 0) is 0 Å². The maximum Gasteiger partial charge on any atom is 0.256 e. The Labute approximate surface area is 113 Å². The van der Waals surface area contributed by atoms with Gasteiger partial charge < -0.3 is 11.1 Å². The molecule has 19 heavy (non-hydrogen) atoms. The minimum Gasteiger partial charge on any atom is -0.399 e. The highest BCUT2D eigenvalue weighted by Crippen LogP contribution is 2.19. The molecule has 1 amide bonds. The van der Waals surface area contributed by atoms with Gasteiger partial charge in [0, 0.05) is 16.9 Å². The van der Waals surface area contributed by atoms with Crippen molar-refractivity contribution in [3.05, 3.63) is 58.7 Å². The van der Waals surface area contributed by atoms with Crippen molar-refractivity contribution in [2.75, 3.05) is 11.1 Å². The van der Waals surface area contributed by atoms with Gasteiger partial charge in [0.1, 0.15) is 0 Å². The Morgan fingerprint density at radius 1 is 1.05 bits per heavy atom. The van der Waals surface area contributed by atoms with Crippen LogP contribution in [0.3, 0.4) is 0 Å². The molecule has 2 rings (SSSR count). The van der Waals surface area contributed by atoms with Crippen molar-refractivity contribution < 1.29 is 4.79 Å². The highest BCUT2D eigenvalue weighted by atomic mass is 16.1. The van der Waals surface area contributed by atoms with Crippen LogP contribution in [0.1, 0.15) is 27.0 Å². The maximum absolute atomic E-state index is 12.3. The summed E-state index contributed by atoms with van der Waals surface area (Å²) in [5, 5.41) is 2.88. The molecule has 2 aromatic carbocycles. The SMILES string of the molecule is Cc1cc(C)c(C(=O)Nc2cccc(N)c2)c(C)c1. The summed E-state index contributed by atoms with van der Waals surface area (Å²) in [6.07, 6.45) is 0. The molecule has 0 saturated heterocycles. The Balaban J connectivity index is 2.31. The number of carbonyl (C=O) groups excluding carboxylic acids is 1. The van der Waals surface area contributed by atoms with Gasteiger partial charge in [0.25, 0.3) is 5.91 Å². The molecular weight excluding hydrogens is 236 g/mol. The second-order valence-corrected chi connectivity index (χ2v) is 4.85. The first-order valence-corrected chi connectivity index (χ1v) is 6.22. The fourth-order valence-electron chi connectivity index (χ4n) is 2.35. The summed E-state index contributed by atoms with van der Waals surface area (Å²) in [6.45, 7) is 5.93. The van der Waals surface area contributed by atoms with E-state index in [1.165, 1.54) is 0 Å². The number of nitrogens with one attached hydrogen (secondary N) is 1. The largest absolute Gasteiger partial charge is 0.399 e. The van der Waals surface area contributed by atoms with E-state index in [1.807, 2.05) is 45.0 Å². The fourth-order valence-corrected chi connectivity index (χ4v) is 2.35. The first-order valence-electron chi connectivity index (χ1n) is 6.22. The van der Waals surface area contributed by atoms with Gasteiger partial charge in [0.05, 0.1) is 0 Å². The minimum absolute atomic E-state index is 0.0967. The Bertz CT molecular complexity index is 609. The van der Waals surface area contributed by atoms with Crippen molar-refractivity contribution in [3.63, 3.8) is 0 Å². The number of nitrogen functional groups attached to an aromatic ring is 1. The summed E-state index contributed by atoms with van der Waals surface area (Å²) in [4.78, 5) is 12.3. The van der Waals surface area contributed by atoms with Crippen molar-refractivity contribution in [1.29, 1.82) is 0 Å². The van der Waals surface area contributed by atoms with Crippen LogP contribution < -0.4 is 11.1 Å². The lowest BCUT2D eigenvalue weighted by Gasteiger charge is -2.12. The number of benzene rings is 2.